The van der Waals surface area contributed by atoms with Gasteiger partial charge in [0.15, 0.2) is 0 Å². The van der Waals surface area contributed by atoms with Crippen LogP contribution in [-0.4, -0.2) is 38.1 Å². The minimum absolute atomic E-state index is 0.0179. The highest BCUT2D eigenvalue weighted by atomic mass is 35.5. The quantitative estimate of drug-likeness (QED) is 0.653. The molecule has 0 unspecified atom stereocenters. The Morgan fingerprint density at radius 1 is 1.23 bits per heavy atom. The molecule has 13 heteroatoms. The van der Waals surface area contributed by atoms with E-state index in [1.54, 1.807) is 0 Å². The van der Waals surface area contributed by atoms with Crippen LogP contribution >= 0.6 is 11.6 Å². The van der Waals surface area contributed by atoms with E-state index in [4.69, 9.17) is 11.6 Å². The molecule has 1 aliphatic rings. The summed E-state index contributed by atoms with van der Waals surface area (Å²) in [7, 11) is -2.86. The molecule has 2 aromatic rings. The molecule has 1 heterocycles. The van der Waals surface area contributed by atoms with E-state index in [0.717, 1.165) is 22.5 Å². The first-order valence-electron chi connectivity index (χ1n) is 8.72. The van der Waals surface area contributed by atoms with Crippen molar-refractivity contribution in [2.45, 2.75) is 24.9 Å². The molecule has 2 aromatic carbocycles. The molecule has 2 N–H and O–H groups in total. The molecule has 2 atom stereocenters. The molecule has 3 rings (SSSR count). The van der Waals surface area contributed by atoms with Gasteiger partial charge in [-0.25, -0.2) is 4.39 Å². The van der Waals surface area contributed by atoms with Crippen molar-refractivity contribution in [3.8, 4) is 5.75 Å². The van der Waals surface area contributed by atoms with E-state index in [0.29, 0.717) is 5.56 Å². The first-order valence-corrected chi connectivity index (χ1v) is 10.5. The monoisotopic (exact) mass is 481 g/mol. The van der Waals surface area contributed by atoms with Crippen molar-refractivity contribution in [2.24, 2.45) is 0 Å². The maximum atomic E-state index is 13.3. The summed E-state index contributed by atoms with van der Waals surface area (Å²) in [5, 5.41) is 2.27. The van der Waals surface area contributed by atoms with Gasteiger partial charge < -0.3 is 10.1 Å². The Kier molecular flexibility index (Phi) is 6.46. The number of likely N-dealkylation sites (N-methyl/N-ethyl adjacent to an activating group) is 1. The average Bonchev–Trinajstić information content (AvgIpc) is 2.66. The SMILES string of the molecule is CN1[C@H](C(=O)Nc2ccc(F)c(Cl)c2)C[C@H](c2ccc(OC(F)(F)F)cc2)NS1(=O)=O. The van der Waals surface area contributed by atoms with Crippen LogP contribution in [0, 0.1) is 5.82 Å². The van der Waals surface area contributed by atoms with Crippen LogP contribution in [0.3, 0.4) is 0 Å². The number of ether oxygens (including phenoxy) is 1. The number of benzene rings is 2. The molecule has 0 bridgehead atoms. The highest BCUT2D eigenvalue weighted by Gasteiger charge is 2.40. The van der Waals surface area contributed by atoms with Crippen LogP contribution in [0.25, 0.3) is 0 Å². The summed E-state index contributed by atoms with van der Waals surface area (Å²) >= 11 is 5.69. The lowest BCUT2D eigenvalue weighted by Crippen LogP contribution is -2.55. The number of hydrogen-bond acceptors (Lipinski definition) is 4. The molecule has 0 aromatic heterocycles. The fourth-order valence-electron chi connectivity index (χ4n) is 3.03. The number of carbonyl (C=O) groups excluding carboxylic acids is 1. The van der Waals surface area contributed by atoms with Crippen LogP contribution in [0.1, 0.15) is 18.0 Å². The molecule has 1 aliphatic heterocycles. The van der Waals surface area contributed by atoms with Crippen molar-refractivity contribution in [2.75, 3.05) is 12.4 Å². The predicted octanol–water partition coefficient (Wildman–Crippen LogP) is 3.60. The van der Waals surface area contributed by atoms with E-state index >= 15 is 0 Å². The number of nitrogens with one attached hydrogen (secondary N) is 2. The fourth-order valence-corrected chi connectivity index (χ4v) is 4.48. The lowest BCUT2D eigenvalue weighted by Gasteiger charge is -2.36. The van der Waals surface area contributed by atoms with Gasteiger partial charge in [-0.05, 0) is 42.3 Å². The summed E-state index contributed by atoms with van der Waals surface area (Å²) in [6.45, 7) is 0. The van der Waals surface area contributed by atoms with Crippen LogP contribution in [-0.2, 0) is 15.0 Å². The average molecular weight is 482 g/mol. The molecule has 1 saturated heterocycles. The number of carbonyl (C=O) groups is 1. The van der Waals surface area contributed by atoms with Crippen LogP contribution in [0.5, 0.6) is 5.75 Å². The maximum absolute atomic E-state index is 13.3. The van der Waals surface area contributed by atoms with Gasteiger partial charge in [0.05, 0.1) is 5.02 Å². The molecule has 0 aliphatic carbocycles. The number of amides is 1. The lowest BCUT2D eigenvalue weighted by atomic mass is 9.99. The smallest absolute Gasteiger partial charge is 0.406 e. The van der Waals surface area contributed by atoms with Crippen LogP contribution in [0.4, 0.5) is 23.2 Å². The van der Waals surface area contributed by atoms with E-state index in [-0.39, 0.29) is 17.1 Å². The molecule has 168 valence electrons. The van der Waals surface area contributed by atoms with E-state index < -0.39 is 46.1 Å². The maximum Gasteiger partial charge on any atom is 0.573 e. The molecule has 0 saturated carbocycles. The third-order valence-corrected chi connectivity index (χ3v) is 6.46. The first kappa shape index (κ1) is 23.3. The minimum atomic E-state index is -4.86. The van der Waals surface area contributed by atoms with E-state index in [2.05, 4.69) is 14.8 Å². The van der Waals surface area contributed by atoms with Gasteiger partial charge >= 0.3 is 6.36 Å². The summed E-state index contributed by atoms with van der Waals surface area (Å²) in [4.78, 5) is 12.7. The van der Waals surface area contributed by atoms with Crippen LogP contribution in [0.2, 0.25) is 5.02 Å². The Balaban J connectivity index is 1.80. The Morgan fingerprint density at radius 3 is 2.45 bits per heavy atom. The van der Waals surface area contributed by atoms with Crippen LogP contribution in [0.15, 0.2) is 42.5 Å². The van der Waals surface area contributed by atoms with Crippen molar-refractivity contribution < 1.29 is 35.5 Å². The van der Waals surface area contributed by atoms with E-state index in [1.807, 2.05) is 0 Å². The van der Waals surface area contributed by atoms with Crippen molar-refractivity contribution >= 4 is 33.4 Å². The highest BCUT2D eigenvalue weighted by Crippen LogP contribution is 2.31. The van der Waals surface area contributed by atoms with Gasteiger partial charge in [-0.2, -0.15) is 17.4 Å². The van der Waals surface area contributed by atoms with Crippen molar-refractivity contribution in [1.82, 2.24) is 9.03 Å². The minimum Gasteiger partial charge on any atom is -0.406 e. The molecule has 0 radical (unpaired) electrons. The Hall–Kier alpha value is -2.41. The summed E-state index contributed by atoms with van der Waals surface area (Å²) < 4.78 is 82.2. The molecule has 1 amide bonds. The number of hydrogen-bond donors (Lipinski definition) is 2. The molecule has 0 spiro atoms. The van der Waals surface area contributed by atoms with Gasteiger partial charge in [-0.3, -0.25) is 4.79 Å². The van der Waals surface area contributed by atoms with Crippen molar-refractivity contribution in [3.05, 3.63) is 58.9 Å². The van der Waals surface area contributed by atoms with Gasteiger partial charge in [0.25, 0.3) is 10.2 Å². The second kappa shape index (κ2) is 8.61. The largest absolute Gasteiger partial charge is 0.573 e. The Labute approximate surface area is 180 Å². The highest BCUT2D eigenvalue weighted by molar-refractivity contribution is 7.87. The Bertz CT molecular complexity index is 1080. The molecule has 31 heavy (non-hydrogen) atoms. The summed E-state index contributed by atoms with van der Waals surface area (Å²) in [6, 6.07) is 6.11. The zero-order chi connectivity index (χ0) is 23.0. The van der Waals surface area contributed by atoms with Gasteiger partial charge in [0.1, 0.15) is 17.6 Å². The van der Waals surface area contributed by atoms with Gasteiger partial charge in [-0.1, -0.05) is 23.7 Å². The molecular weight excluding hydrogens is 466 g/mol. The predicted molar refractivity (Wildman–Crippen MR) is 104 cm³/mol. The van der Waals surface area contributed by atoms with Gasteiger partial charge in [0.2, 0.25) is 5.91 Å². The third kappa shape index (κ3) is 5.64. The fraction of sp³-hybridized carbons (Fsp3) is 0.278. The summed E-state index contributed by atoms with van der Waals surface area (Å²) in [5.74, 6) is -1.83. The number of halogens is 5. The number of anilines is 1. The Morgan fingerprint density at radius 2 is 1.87 bits per heavy atom. The molecule has 7 nitrogen and oxygen atoms in total. The van der Waals surface area contributed by atoms with Gasteiger partial charge in [-0.15, -0.1) is 13.2 Å². The second-order valence-corrected chi connectivity index (χ2v) is 8.85. The second-order valence-electron chi connectivity index (χ2n) is 6.68. The first-order chi connectivity index (χ1) is 14.4. The van der Waals surface area contributed by atoms with Crippen molar-refractivity contribution in [1.29, 1.82) is 0 Å². The van der Waals surface area contributed by atoms with E-state index in [1.165, 1.54) is 31.3 Å². The number of rotatable bonds is 4. The summed E-state index contributed by atoms with van der Waals surface area (Å²) in [5.41, 5.74) is 0.514. The summed E-state index contributed by atoms with van der Waals surface area (Å²) in [6.07, 6.45) is -4.88. The lowest BCUT2D eigenvalue weighted by molar-refractivity contribution is -0.274. The van der Waals surface area contributed by atoms with E-state index in [9.17, 15) is 30.8 Å². The zero-order valence-corrected chi connectivity index (χ0v) is 17.4. The standard InChI is InChI=1S/C18H16ClF4N3O4S/c1-26-16(17(27)24-11-4-7-14(20)13(19)8-11)9-15(25-31(26,28)29)10-2-5-12(6-3-10)30-18(21,22)23/h2-8,15-16,25H,9H2,1H3,(H,24,27)/t15-,16+/m1/s1. The topological polar surface area (TPSA) is 87.7 Å². The number of alkyl halides is 3. The van der Waals surface area contributed by atoms with Gasteiger partial charge in [0, 0.05) is 18.8 Å². The normalized spacial score (nSPS) is 21.5. The number of nitrogens with zero attached hydrogens (tertiary/aromatic N) is 1. The zero-order valence-electron chi connectivity index (χ0n) is 15.8. The molecule has 1 fully saturated rings. The van der Waals surface area contributed by atoms with Crippen molar-refractivity contribution in [3.63, 3.8) is 0 Å². The third-order valence-electron chi connectivity index (χ3n) is 4.57. The molecular formula is C18H16ClF4N3O4S. The van der Waals surface area contributed by atoms with Crippen LogP contribution < -0.4 is 14.8 Å².